The highest BCUT2D eigenvalue weighted by Crippen LogP contribution is 1.71. The van der Waals surface area contributed by atoms with Crippen LogP contribution in [0.2, 0.25) is 0 Å². The molecule has 14 heavy (non-hydrogen) atoms. The standard InChI is InChI=1S/H4N2O6S2.4H2O/c3-9(4,5)1-2-10(6,7)8;;;;/h1-2H,(H,3,4,5)(H,6,7,8);4*1H2. The minimum atomic E-state index is -4.66. The molecule has 0 aliphatic carbocycles. The van der Waals surface area contributed by atoms with Crippen molar-refractivity contribution in [3.05, 3.63) is 0 Å². The van der Waals surface area contributed by atoms with Crippen LogP contribution in [0.1, 0.15) is 0 Å². The molecule has 0 amide bonds. The Kier molecular flexibility index (Phi) is 19.1. The van der Waals surface area contributed by atoms with Gasteiger partial charge in [0.25, 0.3) is 0 Å². The first-order valence-electron chi connectivity index (χ1n) is 1.69. The lowest BCUT2D eigenvalue weighted by Gasteiger charge is -1.97. The molecule has 14 heteroatoms. The molecule has 0 aliphatic heterocycles. The molecule has 0 atom stereocenters. The lowest BCUT2D eigenvalue weighted by Crippen LogP contribution is -2.40. The van der Waals surface area contributed by atoms with Crippen LogP contribution in [0.3, 0.4) is 0 Å². The SMILES string of the molecule is O.O.O.O.O=S(=O)(O)NNS(=O)(=O)O. The molecule has 0 saturated heterocycles. The van der Waals surface area contributed by atoms with Gasteiger partial charge in [0.15, 0.2) is 0 Å². The Labute approximate surface area is 78.9 Å². The van der Waals surface area contributed by atoms with Crippen LogP contribution in [-0.2, 0) is 20.6 Å². The Morgan fingerprint density at radius 1 is 0.643 bits per heavy atom. The van der Waals surface area contributed by atoms with Gasteiger partial charge in [-0.3, -0.25) is 9.11 Å². The van der Waals surface area contributed by atoms with Gasteiger partial charge in [0.1, 0.15) is 0 Å². The van der Waals surface area contributed by atoms with E-state index in [0.29, 0.717) is 0 Å². The van der Waals surface area contributed by atoms with Gasteiger partial charge < -0.3 is 21.9 Å². The average molecular weight is 264 g/mol. The summed E-state index contributed by atoms with van der Waals surface area (Å²) >= 11 is 0. The number of hydrazine groups is 1. The molecule has 0 unspecified atom stereocenters. The van der Waals surface area contributed by atoms with Gasteiger partial charge in [-0.25, -0.2) is 0 Å². The lowest BCUT2D eigenvalue weighted by molar-refractivity contribution is 0.440. The molecular formula is H12N2O10S2. The second-order valence-electron chi connectivity index (χ2n) is 1.15. The molecule has 12 N–H and O–H groups in total. The van der Waals surface area contributed by atoms with Crippen LogP contribution in [0.15, 0.2) is 0 Å². The third-order valence-electron chi connectivity index (χ3n) is 0.300. The van der Waals surface area contributed by atoms with Gasteiger partial charge in [-0.1, -0.05) is 0 Å². The minimum Gasteiger partial charge on any atom is -0.412 e. The molecule has 0 aliphatic rings. The van der Waals surface area contributed by atoms with Crippen LogP contribution in [0, 0.1) is 0 Å². The van der Waals surface area contributed by atoms with Crippen molar-refractivity contribution in [3.8, 4) is 0 Å². The molecule has 0 radical (unpaired) electrons. The minimum absolute atomic E-state index is 0. The van der Waals surface area contributed by atoms with Crippen molar-refractivity contribution in [3.63, 3.8) is 0 Å². The van der Waals surface area contributed by atoms with E-state index in [0.717, 1.165) is 9.66 Å². The molecule has 0 aromatic rings. The van der Waals surface area contributed by atoms with Crippen molar-refractivity contribution < 1.29 is 47.8 Å². The van der Waals surface area contributed by atoms with Crippen molar-refractivity contribution in [2.45, 2.75) is 0 Å². The normalized spacial score (nSPS) is 9.57. The second-order valence-corrected chi connectivity index (χ2v) is 3.46. The van der Waals surface area contributed by atoms with Gasteiger partial charge >= 0.3 is 20.6 Å². The quantitative estimate of drug-likeness (QED) is 0.284. The molecule has 0 fully saturated rings. The highest BCUT2D eigenvalue weighted by molar-refractivity contribution is 7.86. The van der Waals surface area contributed by atoms with E-state index in [2.05, 4.69) is 0 Å². The first-order chi connectivity index (χ1) is 4.21. The fraction of sp³-hybridized carbons (Fsp3) is 0. The predicted octanol–water partition coefficient (Wildman–Crippen LogP) is -5.61. The summed E-state index contributed by atoms with van der Waals surface area (Å²) in [6, 6.07) is 0. The van der Waals surface area contributed by atoms with E-state index < -0.39 is 20.6 Å². The maximum atomic E-state index is 9.68. The van der Waals surface area contributed by atoms with Crippen molar-refractivity contribution in [2.75, 3.05) is 0 Å². The average Bonchev–Trinajstić information content (AvgIpc) is 1.57. The summed E-state index contributed by atoms with van der Waals surface area (Å²) in [4.78, 5) is 1.80. The first-order valence-corrected chi connectivity index (χ1v) is 4.57. The third-order valence-corrected chi connectivity index (χ3v) is 1.15. The van der Waals surface area contributed by atoms with Gasteiger partial charge in [-0.15, -0.1) is 9.66 Å². The van der Waals surface area contributed by atoms with Crippen molar-refractivity contribution in [1.82, 2.24) is 9.66 Å². The zero-order valence-corrected chi connectivity index (χ0v) is 7.98. The van der Waals surface area contributed by atoms with Crippen molar-refractivity contribution >= 4 is 20.6 Å². The number of rotatable bonds is 3. The van der Waals surface area contributed by atoms with Gasteiger partial charge in [-0.05, 0) is 0 Å². The Hall–Kier alpha value is -0.420. The molecule has 0 bridgehead atoms. The fourth-order valence-corrected chi connectivity index (χ4v) is 0.948. The molecule has 0 aromatic heterocycles. The molecular weight excluding hydrogens is 252 g/mol. The van der Waals surface area contributed by atoms with Crippen LogP contribution < -0.4 is 9.66 Å². The summed E-state index contributed by atoms with van der Waals surface area (Å²) in [6.45, 7) is 0. The Bertz CT molecular complexity index is 252. The summed E-state index contributed by atoms with van der Waals surface area (Å²) in [5.41, 5.74) is 0. The maximum Gasteiger partial charge on any atom is 0.347 e. The number of hydrogen-bond donors (Lipinski definition) is 4. The Morgan fingerprint density at radius 2 is 0.786 bits per heavy atom. The highest BCUT2D eigenvalue weighted by atomic mass is 32.2. The molecule has 0 rings (SSSR count). The molecule has 0 spiro atoms. The van der Waals surface area contributed by atoms with E-state index in [9.17, 15) is 16.8 Å². The van der Waals surface area contributed by atoms with Gasteiger partial charge in [0, 0.05) is 0 Å². The largest absolute Gasteiger partial charge is 0.412 e. The monoisotopic (exact) mass is 264 g/mol. The molecule has 0 saturated carbocycles. The van der Waals surface area contributed by atoms with Gasteiger partial charge in [-0.2, -0.15) is 16.8 Å². The summed E-state index contributed by atoms with van der Waals surface area (Å²) < 4.78 is 54.3. The lowest BCUT2D eigenvalue weighted by atomic mass is 13.0. The molecule has 12 nitrogen and oxygen atoms in total. The van der Waals surface area contributed by atoms with Crippen LogP contribution in [-0.4, -0.2) is 47.8 Å². The third kappa shape index (κ3) is 29.9. The smallest absolute Gasteiger partial charge is 0.347 e. The van der Waals surface area contributed by atoms with Crippen LogP contribution in [0.5, 0.6) is 0 Å². The van der Waals surface area contributed by atoms with E-state index in [-0.39, 0.29) is 21.9 Å². The van der Waals surface area contributed by atoms with E-state index in [4.69, 9.17) is 9.11 Å². The first kappa shape index (κ1) is 29.2. The molecule has 0 heterocycles. The van der Waals surface area contributed by atoms with E-state index in [1.54, 1.807) is 0 Å². The Balaban J connectivity index is -0.0000000675. The zero-order valence-electron chi connectivity index (χ0n) is 6.34. The number of nitrogens with one attached hydrogen (secondary N) is 2. The topological polar surface area (TPSA) is 259 Å². The summed E-state index contributed by atoms with van der Waals surface area (Å²) in [5, 5.41) is 0. The van der Waals surface area contributed by atoms with Crippen LogP contribution >= 0.6 is 0 Å². The van der Waals surface area contributed by atoms with Crippen LogP contribution in [0.4, 0.5) is 0 Å². The van der Waals surface area contributed by atoms with E-state index in [1.165, 1.54) is 0 Å². The summed E-state index contributed by atoms with van der Waals surface area (Å²) in [5.74, 6) is 0. The van der Waals surface area contributed by atoms with E-state index in [1.807, 2.05) is 0 Å². The van der Waals surface area contributed by atoms with E-state index >= 15 is 0 Å². The fourth-order valence-electron chi connectivity index (χ4n) is 0.105. The number of hydrogen-bond acceptors (Lipinski definition) is 4. The summed E-state index contributed by atoms with van der Waals surface area (Å²) in [6.07, 6.45) is 0. The maximum absolute atomic E-state index is 9.68. The van der Waals surface area contributed by atoms with Crippen molar-refractivity contribution in [2.24, 2.45) is 0 Å². The van der Waals surface area contributed by atoms with Crippen LogP contribution in [0.25, 0.3) is 0 Å². The molecule has 0 aromatic carbocycles. The zero-order chi connectivity index (χ0) is 8.41. The van der Waals surface area contributed by atoms with Crippen molar-refractivity contribution in [1.29, 1.82) is 0 Å². The second kappa shape index (κ2) is 9.15. The molecule has 94 valence electrons. The highest BCUT2D eigenvalue weighted by Gasteiger charge is 2.07. The summed E-state index contributed by atoms with van der Waals surface area (Å²) in [7, 11) is -9.32. The Morgan fingerprint density at radius 3 is 0.857 bits per heavy atom. The predicted molar refractivity (Wildman–Crippen MR) is 43.8 cm³/mol. The van der Waals surface area contributed by atoms with Gasteiger partial charge in [0.2, 0.25) is 0 Å². The van der Waals surface area contributed by atoms with Gasteiger partial charge in [0.05, 0.1) is 0 Å².